The zero-order chi connectivity index (χ0) is 39.5. The Kier molecular flexibility index (Phi) is 8.27. The van der Waals surface area contributed by atoms with Gasteiger partial charge in [0.2, 0.25) is 0 Å². The largest absolute Gasteiger partial charge is 0.455 e. The molecule has 0 N–H and O–H groups in total. The summed E-state index contributed by atoms with van der Waals surface area (Å²) in [6.45, 7) is 4.44. The van der Waals surface area contributed by atoms with Crippen LogP contribution in [0.15, 0.2) is 211 Å². The summed E-state index contributed by atoms with van der Waals surface area (Å²) in [5.74, 6) is 0. The summed E-state index contributed by atoms with van der Waals surface area (Å²) in [7, 11) is 0. The molecule has 280 valence electrons. The van der Waals surface area contributed by atoms with Gasteiger partial charge in [-0.25, -0.2) is 0 Å². The summed E-state index contributed by atoms with van der Waals surface area (Å²) in [6, 6.07) is 74.1. The van der Waals surface area contributed by atoms with E-state index in [1.165, 1.54) is 55.2 Å². The van der Waals surface area contributed by atoms with Gasteiger partial charge in [0.15, 0.2) is 0 Å². The predicted octanol–water partition coefficient (Wildman–Crippen LogP) is 15.8. The first-order valence-electron chi connectivity index (χ1n) is 20.3. The Morgan fingerprint density at radius 3 is 1.64 bits per heavy atom. The number of benzene rings is 9. The first-order chi connectivity index (χ1) is 29.1. The van der Waals surface area contributed by atoms with Crippen LogP contribution in [0.3, 0.4) is 0 Å². The van der Waals surface area contributed by atoms with E-state index in [0.717, 1.165) is 55.8 Å². The van der Waals surface area contributed by atoms with Crippen molar-refractivity contribution >= 4 is 60.8 Å². The number of aromatic nitrogens is 1. The number of para-hydroxylation sites is 5. The molecule has 0 unspecified atom stereocenters. The Labute approximate surface area is 343 Å². The number of aryl methyl sites for hydroxylation is 2. The highest BCUT2D eigenvalue weighted by Gasteiger charge is 2.26. The third kappa shape index (κ3) is 5.66. The smallest absolute Gasteiger partial charge is 0.145 e. The van der Waals surface area contributed by atoms with E-state index >= 15 is 0 Å². The van der Waals surface area contributed by atoms with Gasteiger partial charge in [-0.05, 0) is 102 Å². The molecule has 0 bridgehead atoms. The lowest BCUT2D eigenvalue weighted by molar-refractivity contribution is 0.670. The van der Waals surface area contributed by atoms with Crippen molar-refractivity contribution in [3.8, 4) is 39.1 Å². The van der Waals surface area contributed by atoms with Crippen LogP contribution in [-0.2, 0) is 0 Å². The summed E-state index contributed by atoms with van der Waals surface area (Å²) in [4.78, 5) is 2.46. The molecule has 0 amide bonds. The molecule has 2 heterocycles. The minimum absolute atomic E-state index is 0.858. The van der Waals surface area contributed by atoms with Gasteiger partial charge in [-0.15, -0.1) is 0 Å². The summed E-state index contributed by atoms with van der Waals surface area (Å²) in [5, 5.41) is 4.62. The van der Waals surface area contributed by atoms with Crippen molar-refractivity contribution in [3.05, 3.63) is 217 Å². The maximum Gasteiger partial charge on any atom is 0.145 e. The second-order valence-corrected chi connectivity index (χ2v) is 15.4. The van der Waals surface area contributed by atoms with Gasteiger partial charge in [0.25, 0.3) is 0 Å². The second kappa shape index (κ2) is 14.1. The van der Waals surface area contributed by atoms with Gasteiger partial charge in [-0.1, -0.05) is 152 Å². The molecule has 0 saturated carbocycles. The number of nitrogens with zero attached hydrogens (tertiary/aromatic N) is 2. The number of hydrogen-bond acceptors (Lipinski definition) is 2. The van der Waals surface area contributed by atoms with Gasteiger partial charge in [0, 0.05) is 38.7 Å². The fourth-order valence-corrected chi connectivity index (χ4v) is 9.14. The van der Waals surface area contributed by atoms with Crippen molar-refractivity contribution in [2.75, 3.05) is 4.90 Å². The standard InChI is InChI=1S/C56H40N2O/c1-37-19-9-14-28-48(37)57(53-36-47(40-22-7-4-8-23-40)46(35-38(53)2)39-20-5-3-6-21-39)52-34-33-44(56-55(52)45-27-13-18-32-54(45)59-56)43-26-12-17-31-51(43)58-49-29-15-10-24-41(49)42-25-11-16-30-50(42)58/h3-36H,1-2H3. The third-order valence-corrected chi connectivity index (χ3v) is 11.9. The molecule has 0 atom stereocenters. The molecule has 11 rings (SSSR count). The van der Waals surface area contributed by atoms with E-state index in [2.05, 4.69) is 230 Å². The lowest BCUT2D eigenvalue weighted by Gasteiger charge is -2.30. The highest BCUT2D eigenvalue weighted by Crippen LogP contribution is 2.50. The number of fused-ring (bicyclic) bond motifs is 6. The number of hydrogen-bond donors (Lipinski definition) is 0. The highest BCUT2D eigenvalue weighted by molar-refractivity contribution is 6.18. The Morgan fingerprint density at radius 2 is 0.949 bits per heavy atom. The van der Waals surface area contributed by atoms with E-state index in [-0.39, 0.29) is 0 Å². The average Bonchev–Trinajstić information content (AvgIpc) is 3.85. The Hall–Kier alpha value is -7.62. The zero-order valence-corrected chi connectivity index (χ0v) is 32.9. The average molecular weight is 757 g/mol. The van der Waals surface area contributed by atoms with Crippen LogP contribution in [0.5, 0.6) is 0 Å². The quantitative estimate of drug-likeness (QED) is 0.161. The van der Waals surface area contributed by atoms with Gasteiger partial charge in [-0.3, -0.25) is 0 Å². The van der Waals surface area contributed by atoms with Crippen LogP contribution < -0.4 is 4.90 Å². The summed E-state index contributed by atoms with van der Waals surface area (Å²) >= 11 is 0. The topological polar surface area (TPSA) is 21.3 Å². The molecule has 3 heteroatoms. The lowest BCUT2D eigenvalue weighted by atomic mass is 9.91. The Bertz CT molecular complexity index is 3300. The van der Waals surface area contributed by atoms with Crippen molar-refractivity contribution in [1.29, 1.82) is 0 Å². The molecule has 0 fully saturated rings. The molecule has 11 aromatic rings. The molecule has 2 aromatic heterocycles. The molecule has 0 aliphatic carbocycles. The molecule has 0 aliphatic rings. The molecule has 59 heavy (non-hydrogen) atoms. The third-order valence-electron chi connectivity index (χ3n) is 11.9. The maximum absolute atomic E-state index is 7.04. The normalized spacial score (nSPS) is 11.6. The summed E-state index contributed by atoms with van der Waals surface area (Å²) < 4.78 is 9.45. The number of anilines is 3. The Balaban J connectivity index is 1.20. The maximum atomic E-state index is 7.04. The number of furan rings is 1. The van der Waals surface area contributed by atoms with Crippen molar-refractivity contribution in [1.82, 2.24) is 4.57 Å². The van der Waals surface area contributed by atoms with Crippen molar-refractivity contribution in [3.63, 3.8) is 0 Å². The lowest BCUT2D eigenvalue weighted by Crippen LogP contribution is -2.13. The van der Waals surface area contributed by atoms with E-state index in [1.54, 1.807) is 0 Å². The fraction of sp³-hybridized carbons (Fsp3) is 0.0357. The van der Waals surface area contributed by atoms with E-state index in [1.807, 2.05) is 0 Å². The molecule has 3 nitrogen and oxygen atoms in total. The molecular weight excluding hydrogens is 717 g/mol. The Morgan fingerprint density at radius 1 is 0.390 bits per heavy atom. The van der Waals surface area contributed by atoms with Gasteiger partial charge in [0.05, 0.1) is 27.8 Å². The SMILES string of the molecule is Cc1ccccc1N(c1cc(-c2ccccc2)c(-c2ccccc2)cc1C)c1ccc(-c2ccccc2-n2c3ccccc3c3ccccc32)c2oc3ccccc3c12. The van der Waals surface area contributed by atoms with Crippen LogP contribution in [0, 0.1) is 13.8 Å². The highest BCUT2D eigenvalue weighted by atomic mass is 16.3. The minimum Gasteiger partial charge on any atom is -0.455 e. The molecule has 0 spiro atoms. The molecule has 0 radical (unpaired) electrons. The van der Waals surface area contributed by atoms with Crippen LogP contribution in [0.2, 0.25) is 0 Å². The molecule has 9 aromatic carbocycles. The first kappa shape index (κ1) is 34.6. The van der Waals surface area contributed by atoms with Gasteiger partial charge < -0.3 is 13.9 Å². The van der Waals surface area contributed by atoms with Crippen LogP contribution in [0.25, 0.3) is 82.8 Å². The van der Waals surface area contributed by atoms with Crippen LogP contribution in [0.1, 0.15) is 11.1 Å². The van der Waals surface area contributed by atoms with Crippen molar-refractivity contribution < 1.29 is 4.42 Å². The molecule has 0 saturated heterocycles. The van der Waals surface area contributed by atoms with E-state index in [4.69, 9.17) is 4.42 Å². The van der Waals surface area contributed by atoms with Gasteiger partial charge >= 0.3 is 0 Å². The van der Waals surface area contributed by atoms with E-state index < -0.39 is 0 Å². The minimum atomic E-state index is 0.858. The first-order valence-corrected chi connectivity index (χ1v) is 20.3. The van der Waals surface area contributed by atoms with Crippen molar-refractivity contribution in [2.24, 2.45) is 0 Å². The van der Waals surface area contributed by atoms with Crippen LogP contribution in [-0.4, -0.2) is 4.57 Å². The van der Waals surface area contributed by atoms with E-state index in [9.17, 15) is 0 Å². The van der Waals surface area contributed by atoms with Gasteiger partial charge in [-0.2, -0.15) is 0 Å². The predicted molar refractivity (Wildman–Crippen MR) is 249 cm³/mol. The van der Waals surface area contributed by atoms with Crippen LogP contribution in [0.4, 0.5) is 17.1 Å². The van der Waals surface area contributed by atoms with Crippen molar-refractivity contribution in [2.45, 2.75) is 13.8 Å². The summed E-state index contributed by atoms with van der Waals surface area (Å²) in [6.07, 6.45) is 0. The zero-order valence-electron chi connectivity index (χ0n) is 32.9. The molecule has 0 aliphatic heterocycles. The monoisotopic (exact) mass is 756 g/mol. The number of rotatable bonds is 7. The fourth-order valence-electron chi connectivity index (χ4n) is 9.14. The summed E-state index contributed by atoms with van der Waals surface area (Å²) in [5.41, 5.74) is 17.7. The second-order valence-electron chi connectivity index (χ2n) is 15.4. The van der Waals surface area contributed by atoms with E-state index in [0.29, 0.717) is 0 Å². The molecular formula is C56H40N2O. The van der Waals surface area contributed by atoms with Gasteiger partial charge in [0.1, 0.15) is 11.2 Å². The van der Waals surface area contributed by atoms with Crippen LogP contribution >= 0.6 is 0 Å².